The summed E-state index contributed by atoms with van der Waals surface area (Å²) in [5.41, 5.74) is 0. The minimum atomic E-state index is -0.813. The topological polar surface area (TPSA) is 69.6 Å². The molecule has 0 aromatic rings. The maximum Gasteiger partial charge on any atom is 0.305 e. The first-order valence-corrected chi connectivity index (χ1v) is 6.32. The molecule has 3 atom stereocenters. The van der Waals surface area contributed by atoms with E-state index in [0.717, 1.165) is 32.5 Å². The van der Waals surface area contributed by atoms with Crippen LogP contribution >= 0.6 is 0 Å². The van der Waals surface area contributed by atoms with Crippen LogP contribution in [0.1, 0.15) is 26.2 Å². The Labute approximate surface area is 101 Å². The van der Waals surface area contributed by atoms with E-state index in [1.165, 1.54) is 0 Å². The fourth-order valence-corrected chi connectivity index (χ4v) is 2.89. The van der Waals surface area contributed by atoms with E-state index in [-0.39, 0.29) is 24.3 Å². The van der Waals surface area contributed by atoms with Gasteiger partial charge in [0, 0.05) is 19.1 Å². The number of nitrogens with one attached hydrogen (secondary N) is 1. The van der Waals surface area contributed by atoms with Gasteiger partial charge in [0.25, 0.3) is 0 Å². The molecule has 0 aliphatic carbocycles. The van der Waals surface area contributed by atoms with Crippen molar-refractivity contribution in [1.29, 1.82) is 0 Å². The summed E-state index contributed by atoms with van der Waals surface area (Å²) in [6.07, 6.45) is 1.84. The summed E-state index contributed by atoms with van der Waals surface area (Å²) < 4.78 is 0. The molecule has 2 saturated heterocycles. The predicted octanol–water partition coefficient (Wildman–Crippen LogP) is 0.308. The third-order valence-corrected chi connectivity index (χ3v) is 3.91. The highest BCUT2D eigenvalue weighted by atomic mass is 16.4. The van der Waals surface area contributed by atoms with Crippen LogP contribution in [-0.2, 0) is 9.59 Å². The molecule has 2 heterocycles. The van der Waals surface area contributed by atoms with Gasteiger partial charge in [-0.25, -0.2) is 0 Å². The largest absolute Gasteiger partial charge is 0.481 e. The summed E-state index contributed by atoms with van der Waals surface area (Å²) in [6, 6.07) is -0.0900. The van der Waals surface area contributed by atoms with E-state index in [4.69, 9.17) is 5.11 Å². The maximum atomic E-state index is 12.3. The Morgan fingerprint density at radius 3 is 2.76 bits per heavy atom. The minimum Gasteiger partial charge on any atom is -0.481 e. The molecule has 5 nitrogen and oxygen atoms in total. The number of likely N-dealkylation sites (tertiary alicyclic amines) is 1. The van der Waals surface area contributed by atoms with Gasteiger partial charge in [-0.05, 0) is 25.3 Å². The molecule has 0 radical (unpaired) electrons. The molecule has 2 fully saturated rings. The molecule has 5 heteroatoms. The Morgan fingerprint density at radius 1 is 1.41 bits per heavy atom. The first kappa shape index (κ1) is 12.4. The zero-order chi connectivity index (χ0) is 12.4. The van der Waals surface area contributed by atoms with E-state index in [1.807, 2.05) is 0 Å². The number of rotatable bonds is 3. The fraction of sp³-hybridized carbons (Fsp3) is 0.833. The maximum absolute atomic E-state index is 12.3. The number of nitrogens with zero attached hydrogens (tertiary/aromatic N) is 1. The van der Waals surface area contributed by atoms with E-state index >= 15 is 0 Å². The molecule has 2 N–H and O–H groups in total. The van der Waals surface area contributed by atoms with Crippen LogP contribution in [0.3, 0.4) is 0 Å². The van der Waals surface area contributed by atoms with Gasteiger partial charge in [-0.3, -0.25) is 9.59 Å². The molecular weight excluding hydrogens is 220 g/mol. The van der Waals surface area contributed by atoms with Crippen LogP contribution in [-0.4, -0.2) is 47.6 Å². The highest BCUT2D eigenvalue weighted by Crippen LogP contribution is 2.26. The smallest absolute Gasteiger partial charge is 0.305 e. The SMILES string of the molecule is C[C@@H]1CNC[C@H]1C(=O)N1CCCC1CC(=O)O. The van der Waals surface area contributed by atoms with Gasteiger partial charge < -0.3 is 15.3 Å². The van der Waals surface area contributed by atoms with Crippen molar-refractivity contribution in [2.24, 2.45) is 11.8 Å². The molecule has 96 valence electrons. The van der Waals surface area contributed by atoms with Gasteiger partial charge in [-0.2, -0.15) is 0 Å². The van der Waals surface area contributed by atoms with Crippen LogP contribution in [0.15, 0.2) is 0 Å². The Morgan fingerprint density at radius 2 is 2.18 bits per heavy atom. The van der Waals surface area contributed by atoms with Crippen LogP contribution in [0, 0.1) is 11.8 Å². The summed E-state index contributed by atoms with van der Waals surface area (Å²) in [5, 5.41) is 12.1. The molecule has 0 bridgehead atoms. The molecule has 17 heavy (non-hydrogen) atoms. The zero-order valence-corrected chi connectivity index (χ0v) is 10.2. The molecule has 0 saturated carbocycles. The summed E-state index contributed by atoms with van der Waals surface area (Å²) >= 11 is 0. The van der Waals surface area contributed by atoms with Crippen molar-refractivity contribution >= 4 is 11.9 Å². The number of carboxylic acids is 1. The van der Waals surface area contributed by atoms with E-state index in [9.17, 15) is 9.59 Å². The number of carboxylic acid groups (broad SMARTS) is 1. The van der Waals surface area contributed by atoms with Gasteiger partial charge in [-0.15, -0.1) is 0 Å². The monoisotopic (exact) mass is 240 g/mol. The van der Waals surface area contributed by atoms with Crippen molar-refractivity contribution in [3.05, 3.63) is 0 Å². The first-order valence-electron chi connectivity index (χ1n) is 6.32. The highest BCUT2D eigenvalue weighted by Gasteiger charge is 2.37. The van der Waals surface area contributed by atoms with Crippen molar-refractivity contribution < 1.29 is 14.7 Å². The number of hydrogen-bond acceptors (Lipinski definition) is 3. The van der Waals surface area contributed by atoms with Crippen LogP contribution in [0.2, 0.25) is 0 Å². The molecule has 2 aliphatic rings. The van der Waals surface area contributed by atoms with Crippen molar-refractivity contribution in [3.8, 4) is 0 Å². The number of carbonyl (C=O) groups excluding carboxylic acids is 1. The van der Waals surface area contributed by atoms with E-state index in [1.54, 1.807) is 4.90 Å². The number of carbonyl (C=O) groups is 2. The van der Waals surface area contributed by atoms with Gasteiger partial charge in [0.05, 0.1) is 12.3 Å². The minimum absolute atomic E-state index is 0.0318. The van der Waals surface area contributed by atoms with Crippen molar-refractivity contribution in [2.75, 3.05) is 19.6 Å². The number of aliphatic carboxylic acids is 1. The van der Waals surface area contributed by atoms with Gasteiger partial charge in [0.1, 0.15) is 0 Å². The third kappa shape index (κ3) is 2.60. The van der Waals surface area contributed by atoms with Crippen LogP contribution in [0.25, 0.3) is 0 Å². The lowest BCUT2D eigenvalue weighted by atomic mass is 9.96. The molecule has 0 spiro atoms. The molecular formula is C12H20N2O3. The van der Waals surface area contributed by atoms with E-state index in [2.05, 4.69) is 12.2 Å². The lowest BCUT2D eigenvalue weighted by molar-refractivity contribution is -0.141. The zero-order valence-electron chi connectivity index (χ0n) is 10.2. The van der Waals surface area contributed by atoms with Gasteiger partial charge in [-0.1, -0.05) is 6.92 Å². The standard InChI is InChI=1S/C12H20N2O3/c1-8-6-13-7-10(8)12(17)14-4-2-3-9(14)5-11(15)16/h8-10,13H,2-7H2,1H3,(H,15,16)/t8-,9?,10-/m1/s1. The Kier molecular flexibility index (Phi) is 3.66. The molecule has 2 aliphatic heterocycles. The van der Waals surface area contributed by atoms with Gasteiger partial charge in [0.15, 0.2) is 0 Å². The Bertz CT molecular complexity index is 319. The molecule has 0 aromatic carbocycles. The molecule has 2 rings (SSSR count). The predicted molar refractivity (Wildman–Crippen MR) is 62.5 cm³/mol. The van der Waals surface area contributed by atoms with Crippen LogP contribution < -0.4 is 5.32 Å². The van der Waals surface area contributed by atoms with Crippen LogP contribution in [0.4, 0.5) is 0 Å². The van der Waals surface area contributed by atoms with Crippen molar-refractivity contribution in [2.45, 2.75) is 32.2 Å². The third-order valence-electron chi connectivity index (χ3n) is 3.91. The first-order chi connectivity index (χ1) is 8.09. The Hall–Kier alpha value is -1.10. The molecule has 0 aromatic heterocycles. The summed E-state index contributed by atoms with van der Waals surface area (Å²) in [6.45, 7) is 4.41. The molecule has 1 amide bonds. The summed E-state index contributed by atoms with van der Waals surface area (Å²) in [7, 11) is 0. The number of hydrogen-bond donors (Lipinski definition) is 2. The van der Waals surface area contributed by atoms with Crippen molar-refractivity contribution in [1.82, 2.24) is 10.2 Å². The second-order valence-corrected chi connectivity index (χ2v) is 5.17. The second-order valence-electron chi connectivity index (χ2n) is 5.17. The van der Waals surface area contributed by atoms with Gasteiger partial charge in [0.2, 0.25) is 5.91 Å². The number of amides is 1. The lowest BCUT2D eigenvalue weighted by Crippen LogP contribution is -2.42. The second kappa shape index (κ2) is 5.04. The summed E-state index contributed by atoms with van der Waals surface area (Å²) in [4.78, 5) is 24.9. The lowest BCUT2D eigenvalue weighted by Gasteiger charge is -2.27. The quantitative estimate of drug-likeness (QED) is 0.745. The fourth-order valence-electron chi connectivity index (χ4n) is 2.89. The van der Waals surface area contributed by atoms with E-state index < -0.39 is 5.97 Å². The highest BCUT2D eigenvalue weighted by molar-refractivity contribution is 5.81. The average molecular weight is 240 g/mol. The van der Waals surface area contributed by atoms with Crippen molar-refractivity contribution in [3.63, 3.8) is 0 Å². The molecule has 1 unspecified atom stereocenters. The summed E-state index contributed by atoms with van der Waals surface area (Å²) in [5.74, 6) is -0.281. The van der Waals surface area contributed by atoms with Gasteiger partial charge >= 0.3 is 5.97 Å². The normalized spacial score (nSPS) is 33.0. The Balaban J connectivity index is 2.00. The average Bonchev–Trinajstić information content (AvgIpc) is 2.85. The van der Waals surface area contributed by atoms with Crippen LogP contribution in [0.5, 0.6) is 0 Å². The van der Waals surface area contributed by atoms with E-state index in [0.29, 0.717) is 5.92 Å².